The Morgan fingerprint density at radius 2 is 2.28 bits per heavy atom. The van der Waals surface area contributed by atoms with E-state index in [1.54, 1.807) is 18.9 Å². The normalized spacial score (nSPS) is 12.1. The molecule has 1 aromatic rings. The van der Waals surface area contributed by atoms with Crippen molar-refractivity contribution in [2.45, 2.75) is 42.8 Å². The van der Waals surface area contributed by atoms with Gasteiger partial charge < -0.3 is 9.84 Å². The molecule has 0 heterocycles. The first kappa shape index (κ1) is 14.9. The first-order valence-corrected chi connectivity index (χ1v) is 7.06. The monoisotopic (exact) mass is 268 g/mol. The van der Waals surface area contributed by atoms with Crippen molar-refractivity contribution in [2.75, 3.05) is 7.11 Å². The molecule has 3 nitrogen and oxygen atoms in total. The minimum atomic E-state index is -0.730. The Balaban J connectivity index is 2.65. The van der Waals surface area contributed by atoms with E-state index in [0.717, 1.165) is 29.9 Å². The molecule has 0 fully saturated rings. The Bertz CT molecular complexity index is 379. The van der Waals surface area contributed by atoms with Crippen molar-refractivity contribution in [1.82, 2.24) is 0 Å². The minimum Gasteiger partial charge on any atom is -0.497 e. The van der Waals surface area contributed by atoms with Gasteiger partial charge in [-0.05, 0) is 24.6 Å². The van der Waals surface area contributed by atoms with Crippen molar-refractivity contribution in [3.63, 3.8) is 0 Å². The summed E-state index contributed by atoms with van der Waals surface area (Å²) in [6.07, 6.45) is 3.30. The van der Waals surface area contributed by atoms with Crippen LogP contribution < -0.4 is 4.74 Å². The number of thioether (sulfide) groups is 1. The van der Waals surface area contributed by atoms with Crippen molar-refractivity contribution in [3.05, 3.63) is 24.3 Å². The standard InChI is InChI=1S/C14H20O3S/c1-3-4-7-13(10-14(15)16)18-12-8-5-6-11(9-12)17-2/h5-6,8-9,13H,3-4,7,10H2,1-2H3,(H,15,16). The average Bonchev–Trinajstić information content (AvgIpc) is 2.35. The van der Waals surface area contributed by atoms with E-state index in [4.69, 9.17) is 9.84 Å². The molecule has 1 unspecified atom stereocenters. The van der Waals surface area contributed by atoms with Crippen LogP contribution in [0.3, 0.4) is 0 Å². The predicted octanol–water partition coefficient (Wildman–Crippen LogP) is 3.82. The van der Waals surface area contributed by atoms with E-state index < -0.39 is 5.97 Å². The van der Waals surface area contributed by atoms with Gasteiger partial charge in [0.05, 0.1) is 13.5 Å². The van der Waals surface area contributed by atoms with Crippen LogP contribution in [-0.2, 0) is 4.79 Å². The smallest absolute Gasteiger partial charge is 0.304 e. The summed E-state index contributed by atoms with van der Waals surface area (Å²) in [6.45, 7) is 2.12. The largest absolute Gasteiger partial charge is 0.497 e. The Kier molecular flexibility index (Phi) is 6.65. The lowest BCUT2D eigenvalue weighted by atomic mass is 10.1. The van der Waals surface area contributed by atoms with Gasteiger partial charge in [0.15, 0.2) is 0 Å². The third kappa shape index (κ3) is 5.45. The van der Waals surface area contributed by atoms with E-state index in [2.05, 4.69) is 6.92 Å². The molecule has 18 heavy (non-hydrogen) atoms. The molecular weight excluding hydrogens is 248 g/mol. The molecule has 4 heteroatoms. The second-order valence-corrected chi connectivity index (χ2v) is 5.53. The van der Waals surface area contributed by atoms with Crippen LogP contribution in [0.15, 0.2) is 29.2 Å². The number of methoxy groups -OCH3 is 1. The fourth-order valence-electron chi connectivity index (χ4n) is 1.70. The second-order valence-electron chi connectivity index (χ2n) is 4.16. The number of ether oxygens (including phenoxy) is 1. The van der Waals surface area contributed by atoms with Gasteiger partial charge in [0.1, 0.15) is 5.75 Å². The molecule has 0 aliphatic carbocycles. The summed E-state index contributed by atoms with van der Waals surface area (Å²) in [7, 11) is 1.63. The van der Waals surface area contributed by atoms with Gasteiger partial charge >= 0.3 is 5.97 Å². The van der Waals surface area contributed by atoms with Crippen molar-refractivity contribution in [3.8, 4) is 5.75 Å². The maximum Gasteiger partial charge on any atom is 0.304 e. The van der Waals surface area contributed by atoms with E-state index in [9.17, 15) is 4.79 Å². The third-order valence-electron chi connectivity index (χ3n) is 2.63. The van der Waals surface area contributed by atoms with Crippen LogP contribution in [0.4, 0.5) is 0 Å². The molecule has 0 aliphatic heterocycles. The van der Waals surface area contributed by atoms with Crippen LogP contribution in [0.1, 0.15) is 32.6 Å². The van der Waals surface area contributed by atoms with Crippen LogP contribution in [0.2, 0.25) is 0 Å². The van der Waals surface area contributed by atoms with E-state index >= 15 is 0 Å². The van der Waals surface area contributed by atoms with E-state index in [1.807, 2.05) is 24.3 Å². The molecule has 0 saturated carbocycles. The third-order valence-corrected chi connectivity index (χ3v) is 3.89. The molecule has 0 radical (unpaired) electrons. The fraction of sp³-hybridized carbons (Fsp3) is 0.500. The van der Waals surface area contributed by atoms with E-state index in [0.29, 0.717) is 0 Å². The zero-order chi connectivity index (χ0) is 13.4. The Labute approximate surface area is 113 Å². The minimum absolute atomic E-state index is 0.134. The number of hydrogen-bond acceptors (Lipinski definition) is 3. The topological polar surface area (TPSA) is 46.5 Å². The lowest BCUT2D eigenvalue weighted by Crippen LogP contribution is -2.09. The van der Waals surface area contributed by atoms with Crippen LogP contribution in [-0.4, -0.2) is 23.4 Å². The lowest BCUT2D eigenvalue weighted by Gasteiger charge is -2.14. The van der Waals surface area contributed by atoms with Crippen LogP contribution in [0.5, 0.6) is 5.75 Å². The van der Waals surface area contributed by atoms with Crippen molar-refractivity contribution >= 4 is 17.7 Å². The molecule has 1 atom stereocenters. The van der Waals surface area contributed by atoms with Crippen LogP contribution >= 0.6 is 11.8 Å². The van der Waals surface area contributed by atoms with Crippen LogP contribution in [0, 0.1) is 0 Å². The van der Waals surface area contributed by atoms with Crippen molar-refractivity contribution in [2.24, 2.45) is 0 Å². The van der Waals surface area contributed by atoms with Gasteiger partial charge in [-0.25, -0.2) is 0 Å². The van der Waals surface area contributed by atoms with E-state index in [1.165, 1.54) is 0 Å². The highest BCUT2D eigenvalue weighted by Crippen LogP contribution is 2.31. The molecular formula is C14H20O3S. The summed E-state index contributed by atoms with van der Waals surface area (Å²) in [6, 6.07) is 7.76. The number of carbonyl (C=O) groups is 1. The van der Waals surface area contributed by atoms with Gasteiger partial charge in [-0.15, -0.1) is 11.8 Å². The molecule has 100 valence electrons. The number of carboxylic acids is 1. The molecule has 1 aromatic carbocycles. The number of rotatable bonds is 8. The first-order valence-electron chi connectivity index (χ1n) is 6.18. The van der Waals surface area contributed by atoms with Gasteiger partial charge in [0.2, 0.25) is 0 Å². The molecule has 1 rings (SSSR count). The zero-order valence-corrected chi connectivity index (χ0v) is 11.7. The summed E-state index contributed by atoms with van der Waals surface area (Å²) in [5.41, 5.74) is 0. The molecule has 0 aromatic heterocycles. The Morgan fingerprint density at radius 1 is 1.50 bits per heavy atom. The van der Waals surface area contributed by atoms with E-state index in [-0.39, 0.29) is 11.7 Å². The van der Waals surface area contributed by atoms with Gasteiger partial charge in [-0.1, -0.05) is 25.8 Å². The van der Waals surface area contributed by atoms with Gasteiger partial charge in [-0.2, -0.15) is 0 Å². The zero-order valence-electron chi connectivity index (χ0n) is 10.9. The summed E-state index contributed by atoms with van der Waals surface area (Å²) < 4.78 is 5.17. The predicted molar refractivity (Wildman–Crippen MR) is 74.4 cm³/mol. The Hall–Kier alpha value is -1.16. The fourth-order valence-corrected chi connectivity index (χ4v) is 2.93. The van der Waals surface area contributed by atoms with Gasteiger partial charge in [0.25, 0.3) is 0 Å². The van der Waals surface area contributed by atoms with Crippen molar-refractivity contribution in [1.29, 1.82) is 0 Å². The van der Waals surface area contributed by atoms with Gasteiger partial charge in [-0.3, -0.25) is 4.79 Å². The first-order chi connectivity index (χ1) is 8.65. The summed E-state index contributed by atoms with van der Waals surface area (Å²) in [4.78, 5) is 11.9. The highest BCUT2D eigenvalue weighted by molar-refractivity contribution is 8.00. The number of hydrogen-bond donors (Lipinski definition) is 1. The molecule has 0 spiro atoms. The lowest BCUT2D eigenvalue weighted by molar-refractivity contribution is -0.137. The number of unbranched alkanes of at least 4 members (excludes halogenated alkanes) is 1. The number of carboxylic acid groups (broad SMARTS) is 1. The average molecular weight is 268 g/mol. The van der Waals surface area contributed by atoms with Crippen molar-refractivity contribution < 1.29 is 14.6 Å². The maximum atomic E-state index is 10.8. The number of benzene rings is 1. The van der Waals surface area contributed by atoms with Crippen LogP contribution in [0.25, 0.3) is 0 Å². The molecule has 0 bridgehead atoms. The van der Waals surface area contributed by atoms with Gasteiger partial charge in [0, 0.05) is 10.1 Å². The highest BCUT2D eigenvalue weighted by atomic mass is 32.2. The summed E-state index contributed by atoms with van der Waals surface area (Å²) in [5, 5.41) is 9.06. The molecule has 1 N–H and O–H groups in total. The quantitative estimate of drug-likeness (QED) is 0.728. The Morgan fingerprint density at radius 3 is 2.89 bits per heavy atom. The molecule has 0 amide bonds. The highest BCUT2D eigenvalue weighted by Gasteiger charge is 2.14. The number of aliphatic carboxylic acids is 1. The SMILES string of the molecule is CCCCC(CC(=O)O)Sc1cccc(OC)c1. The maximum absolute atomic E-state index is 10.8. The second kappa shape index (κ2) is 8.03. The molecule has 0 aliphatic rings. The summed E-state index contributed by atoms with van der Waals surface area (Å²) >= 11 is 1.63. The molecule has 0 saturated heterocycles. The summed E-state index contributed by atoms with van der Waals surface area (Å²) in [5.74, 6) is 0.0797.